The van der Waals surface area contributed by atoms with Gasteiger partial charge in [-0.15, -0.1) is 0 Å². The normalized spacial score (nSPS) is 10.2. The van der Waals surface area contributed by atoms with E-state index in [9.17, 15) is 14.9 Å². The minimum absolute atomic E-state index is 0.00177. The highest BCUT2D eigenvalue weighted by Gasteiger charge is 2.17. The Morgan fingerprint density at radius 1 is 1.14 bits per heavy atom. The zero-order valence-electron chi connectivity index (χ0n) is 10.3. The first-order chi connectivity index (χ1) is 9.88. The molecule has 21 heavy (non-hydrogen) atoms. The second-order valence-electron chi connectivity index (χ2n) is 4.00. The molecule has 0 bridgehead atoms. The van der Waals surface area contributed by atoms with Gasteiger partial charge < -0.3 is 5.32 Å². The van der Waals surface area contributed by atoms with E-state index in [4.69, 9.17) is 23.2 Å². The number of hydrogen-bond donors (Lipinski definition) is 1. The van der Waals surface area contributed by atoms with E-state index < -0.39 is 10.8 Å². The van der Waals surface area contributed by atoms with E-state index in [1.807, 2.05) is 0 Å². The van der Waals surface area contributed by atoms with Gasteiger partial charge in [-0.3, -0.25) is 14.9 Å². The zero-order valence-corrected chi connectivity index (χ0v) is 13.4. The van der Waals surface area contributed by atoms with Crippen LogP contribution in [0.5, 0.6) is 0 Å². The van der Waals surface area contributed by atoms with E-state index in [2.05, 4.69) is 21.2 Å². The largest absolute Gasteiger partial charge is 0.321 e. The summed E-state index contributed by atoms with van der Waals surface area (Å²) in [7, 11) is 0. The first kappa shape index (κ1) is 15.8. The van der Waals surface area contributed by atoms with E-state index in [0.717, 1.165) is 10.5 Å². The number of nitrogens with zero attached hydrogens (tertiary/aromatic N) is 1. The molecule has 2 aromatic rings. The molecule has 8 heteroatoms. The van der Waals surface area contributed by atoms with Crippen LogP contribution in [0.2, 0.25) is 10.0 Å². The number of nitro benzene ring substituents is 1. The van der Waals surface area contributed by atoms with Crippen LogP contribution >= 0.6 is 39.1 Å². The number of hydrogen-bond acceptors (Lipinski definition) is 3. The molecule has 2 aromatic carbocycles. The second-order valence-corrected chi connectivity index (χ2v) is 5.73. The lowest BCUT2D eigenvalue weighted by Crippen LogP contribution is -2.13. The summed E-state index contributed by atoms with van der Waals surface area (Å²) in [6.07, 6.45) is 0. The maximum absolute atomic E-state index is 12.2. The van der Waals surface area contributed by atoms with Gasteiger partial charge in [0.05, 0.1) is 26.2 Å². The van der Waals surface area contributed by atoms with Crippen LogP contribution in [0.3, 0.4) is 0 Å². The molecule has 0 spiro atoms. The number of amides is 1. The molecule has 0 fully saturated rings. The quantitative estimate of drug-likeness (QED) is 0.598. The third kappa shape index (κ3) is 3.72. The molecule has 0 atom stereocenters. The number of carbonyl (C=O) groups excluding carboxylic acids is 1. The molecule has 0 aliphatic heterocycles. The number of nitrogens with one attached hydrogen (secondary N) is 1. The van der Waals surface area contributed by atoms with Crippen LogP contribution in [0.1, 0.15) is 10.4 Å². The number of halogens is 3. The van der Waals surface area contributed by atoms with Crippen molar-refractivity contribution < 1.29 is 9.72 Å². The molecule has 0 unspecified atom stereocenters. The first-order valence-electron chi connectivity index (χ1n) is 5.59. The van der Waals surface area contributed by atoms with Crippen molar-refractivity contribution in [2.75, 3.05) is 5.32 Å². The van der Waals surface area contributed by atoms with Crippen LogP contribution in [-0.4, -0.2) is 10.8 Å². The molecule has 0 saturated heterocycles. The molecule has 2 rings (SSSR count). The summed E-state index contributed by atoms with van der Waals surface area (Å²) in [5, 5.41) is 13.8. The number of benzene rings is 2. The number of non-ortho nitro benzene ring substituents is 1. The average molecular weight is 390 g/mol. The van der Waals surface area contributed by atoms with E-state index in [1.54, 1.807) is 18.2 Å². The van der Waals surface area contributed by atoms with Crippen LogP contribution in [0, 0.1) is 10.1 Å². The van der Waals surface area contributed by atoms with Crippen LogP contribution in [-0.2, 0) is 0 Å². The molecular formula is C13H7BrCl2N2O3. The zero-order chi connectivity index (χ0) is 15.6. The molecule has 0 saturated carbocycles. The summed E-state index contributed by atoms with van der Waals surface area (Å²) in [6, 6.07) is 8.59. The van der Waals surface area contributed by atoms with E-state index in [1.165, 1.54) is 12.1 Å². The van der Waals surface area contributed by atoms with E-state index >= 15 is 0 Å². The Kier molecular flexibility index (Phi) is 4.82. The maximum atomic E-state index is 12.2. The summed E-state index contributed by atoms with van der Waals surface area (Å²) in [6.45, 7) is 0. The number of nitro groups is 1. The van der Waals surface area contributed by atoms with Gasteiger partial charge in [0.1, 0.15) is 0 Å². The predicted molar refractivity (Wildman–Crippen MR) is 85.2 cm³/mol. The Morgan fingerprint density at radius 3 is 2.48 bits per heavy atom. The minimum atomic E-state index is -0.598. The Morgan fingerprint density at radius 2 is 1.81 bits per heavy atom. The molecule has 0 radical (unpaired) electrons. The molecule has 0 aliphatic rings. The Bertz CT molecular complexity index is 737. The maximum Gasteiger partial charge on any atom is 0.270 e. The van der Waals surface area contributed by atoms with Crippen molar-refractivity contribution in [3.8, 4) is 0 Å². The SMILES string of the molecule is O=C(Nc1cc(Br)ccc1Cl)c1cc([N+](=O)[O-])ccc1Cl. The van der Waals surface area contributed by atoms with E-state index in [-0.39, 0.29) is 16.3 Å². The monoisotopic (exact) mass is 388 g/mol. The van der Waals surface area contributed by atoms with Gasteiger partial charge in [-0.2, -0.15) is 0 Å². The van der Waals surface area contributed by atoms with Gasteiger partial charge in [0.15, 0.2) is 0 Å². The Hall–Kier alpha value is -1.63. The topological polar surface area (TPSA) is 72.2 Å². The second kappa shape index (κ2) is 6.43. The lowest BCUT2D eigenvalue weighted by Gasteiger charge is -2.09. The fourth-order valence-corrected chi connectivity index (χ4v) is 2.31. The molecule has 5 nitrogen and oxygen atoms in total. The predicted octanol–water partition coefficient (Wildman–Crippen LogP) is 4.92. The van der Waals surface area contributed by atoms with Crippen LogP contribution < -0.4 is 5.32 Å². The summed E-state index contributed by atoms with van der Waals surface area (Å²) >= 11 is 15.1. The molecule has 108 valence electrons. The smallest absolute Gasteiger partial charge is 0.270 e. The van der Waals surface area contributed by atoms with Gasteiger partial charge in [0, 0.05) is 16.6 Å². The molecule has 1 N–H and O–H groups in total. The number of carbonyl (C=O) groups is 1. The highest BCUT2D eigenvalue weighted by atomic mass is 79.9. The summed E-state index contributed by atoms with van der Waals surface area (Å²) in [4.78, 5) is 22.3. The van der Waals surface area contributed by atoms with Crippen molar-refractivity contribution in [2.24, 2.45) is 0 Å². The molecule has 1 amide bonds. The third-order valence-electron chi connectivity index (χ3n) is 2.58. The number of anilines is 1. The highest BCUT2D eigenvalue weighted by Crippen LogP contribution is 2.28. The lowest BCUT2D eigenvalue weighted by atomic mass is 10.2. The number of rotatable bonds is 3. The minimum Gasteiger partial charge on any atom is -0.321 e. The van der Waals surface area contributed by atoms with Gasteiger partial charge in [0.2, 0.25) is 0 Å². The van der Waals surface area contributed by atoms with Crippen molar-refractivity contribution in [1.29, 1.82) is 0 Å². The van der Waals surface area contributed by atoms with Gasteiger partial charge in [0.25, 0.3) is 11.6 Å². The molecular weight excluding hydrogens is 383 g/mol. The van der Waals surface area contributed by atoms with Crippen LogP contribution in [0.4, 0.5) is 11.4 Å². The lowest BCUT2D eigenvalue weighted by molar-refractivity contribution is -0.384. The van der Waals surface area contributed by atoms with Crippen molar-refractivity contribution in [1.82, 2.24) is 0 Å². The fraction of sp³-hybridized carbons (Fsp3) is 0. The molecule has 0 aromatic heterocycles. The van der Waals surface area contributed by atoms with Crippen molar-refractivity contribution in [2.45, 2.75) is 0 Å². The van der Waals surface area contributed by atoms with Crippen molar-refractivity contribution in [3.05, 3.63) is 66.6 Å². The van der Waals surface area contributed by atoms with Crippen LogP contribution in [0.15, 0.2) is 40.9 Å². The van der Waals surface area contributed by atoms with Gasteiger partial charge in [-0.25, -0.2) is 0 Å². The molecule has 0 heterocycles. The van der Waals surface area contributed by atoms with Crippen molar-refractivity contribution in [3.63, 3.8) is 0 Å². The summed E-state index contributed by atoms with van der Waals surface area (Å²) in [5.41, 5.74) is 0.158. The first-order valence-corrected chi connectivity index (χ1v) is 7.13. The van der Waals surface area contributed by atoms with E-state index in [0.29, 0.717) is 10.7 Å². The van der Waals surface area contributed by atoms with Gasteiger partial charge in [-0.1, -0.05) is 39.1 Å². The Balaban J connectivity index is 2.34. The highest BCUT2D eigenvalue weighted by molar-refractivity contribution is 9.10. The fourth-order valence-electron chi connectivity index (χ4n) is 1.58. The standard InChI is InChI=1S/C13H7BrCl2N2O3/c14-7-1-3-11(16)12(5-7)17-13(19)9-6-8(18(20)21)2-4-10(9)15/h1-6H,(H,17,19). The third-order valence-corrected chi connectivity index (χ3v) is 3.73. The summed E-state index contributed by atoms with van der Waals surface area (Å²) in [5.74, 6) is -0.580. The Labute approximate surface area is 138 Å². The molecule has 0 aliphatic carbocycles. The summed E-state index contributed by atoms with van der Waals surface area (Å²) < 4.78 is 0.729. The van der Waals surface area contributed by atoms with Crippen molar-refractivity contribution >= 4 is 56.4 Å². The van der Waals surface area contributed by atoms with Crippen LogP contribution in [0.25, 0.3) is 0 Å². The van der Waals surface area contributed by atoms with Gasteiger partial charge in [-0.05, 0) is 24.3 Å². The van der Waals surface area contributed by atoms with Gasteiger partial charge >= 0.3 is 0 Å². The average Bonchev–Trinajstić information content (AvgIpc) is 2.43.